The van der Waals surface area contributed by atoms with Crippen molar-refractivity contribution >= 4 is 34.1 Å². The number of halogens is 1. The van der Waals surface area contributed by atoms with E-state index in [2.05, 4.69) is 21.5 Å². The van der Waals surface area contributed by atoms with E-state index in [1.54, 1.807) is 19.4 Å². The zero-order valence-corrected chi connectivity index (χ0v) is 20.2. The lowest BCUT2D eigenvalue weighted by Crippen LogP contribution is -2.26. The first kappa shape index (κ1) is 23.1. The summed E-state index contributed by atoms with van der Waals surface area (Å²) >= 11 is 4.51. The van der Waals surface area contributed by atoms with Crippen LogP contribution in [0.2, 0.25) is 5.02 Å². The summed E-state index contributed by atoms with van der Waals surface area (Å²) in [5.74, 6) is 1.36. The molecule has 0 spiro atoms. The second-order valence-corrected chi connectivity index (χ2v) is 9.10. The first-order chi connectivity index (χ1) is 15.7. The summed E-state index contributed by atoms with van der Waals surface area (Å²) in [6.45, 7) is 9.97. The number of rotatable bonds is 5. The molecule has 0 saturated carbocycles. The van der Waals surface area contributed by atoms with E-state index in [0.29, 0.717) is 16.3 Å². The van der Waals surface area contributed by atoms with Crippen molar-refractivity contribution in [3.8, 4) is 16.9 Å². The Labute approximate surface area is 200 Å². The monoisotopic (exact) mass is 482 g/mol. The summed E-state index contributed by atoms with van der Waals surface area (Å²) < 4.78 is 27.0. The zero-order valence-electron chi connectivity index (χ0n) is 18.7. The zero-order chi connectivity index (χ0) is 23.9. The third kappa shape index (κ3) is 4.06. The quantitative estimate of drug-likeness (QED) is 0.480. The van der Waals surface area contributed by atoms with Crippen LogP contribution in [0, 0.1) is 13.8 Å². The van der Waals surface area contributed by atoms with Crippen LogP contribution in [0.3, 0.4) is 0 Å². The van der Waals surface area contributed by atoms with E-state index in [1.807, 2.05) is 44.0 Å². The maximum absolute atomic E-state index is 11.6. The molecule has 1 N–H and O–H groups in total. The summed E-state index contributed by atoms with van der Waals surface area (Å²) in [6.07, 6.45) is 8.40. The van der Waals surface area contributed by atoms with Gasteiger partial charge in [-0.05, 0) is 50.1 Å². The fourth-order valence-corrected chi connectivity index (χ4v) is 4.68. The number of fused-ring (bicyclic) bond motifs is 1. The van der Waals surface area contributed by atoms with Crippen molar-refractivity contribution in [3.63, 3.8) is 0 Å². The Kier molecular flexibility index (Phi) is 6.34. The molecule has 1 aromatic carbocycles. The van der Waals surface area contributed by atoms with E-state index in [1.165, 1.54) is 12.5 Å². The van der Waals surface area contributed by atoms with Crippen molar-refractivity contribution in [2.45, 2.75) is 31.7 Å². The summed E-state index contributed by atoms with van der Waals surface area (Å²) in [5.41, 5.74) is 5.57. The van der Waals surface area contributed by atoms with Crippen LogP contribution in [0.5, 0.6) is 5.75 Å². The van der Waals surface area contributed by atoms with Gasteiger partial charge in [0.25, 0.3) is 0 Å². The van der Waals surface area contributed by atoms with Crippen molar-refractivity contribution in [2.24, 2.45) is 0 Å². The topological polar surface area (TPSA) is 88.4 Å². The van der Waals surface area contributed by atoms with Gasteiger partial charge in [-0.1, -0.05) is 18.2 Å². The SMILES string of the molecule is C=C1C=CN(C(C)c2cc(Cl)c(C)c(-c3cncc(S(=O)O)c3)c2OC)c2ncnc(C)c21. The Hall–Kier alpha value is -3.07. The summed E-state index contributed by atoms with van der Waals surface area (Å²) in [6, 6.07) is 3.29. The molecule has 0 aliphatic carbocycles. The van der Waals surface area contributed by atoms with Crippen LogP contribution in [-0.2, 0) is 11.1 Å². The van der Waals surface area contributed by atoms with E-state index < -0.39 is 11.1 Å². The van der Waals surface area contributed by atoms with E-state index in [0.717, 1.165) is 39.3 Å². The number of hydrogen-bond donors (Lipinski definition) is 1. The number of pyridine rings is 1. The predicted octanol–water partition coefficient (Wildman–Crippen LogP) is 5.51. The summed E-state index contributed by atoms with van der Waals surface area (Å²) in [5, 5.41) is 0.549. The van der Waals surface area contributed by atoms with Gasteiger partial charge in [-0.15, -0.1) is 0 Å². The van der Waals surface area contributed by atoms with Crippen LogP contribution in [0.1, 0.15) is 35.3 Å². The molecule has 1 aliphatic heterocycles. The van der Waals surface area contributed by atoms with Crippen molar-refractivity contribution < 1.29 is 13.5 Å². The minimum absolute atomic E-state index is 0.196. The minimum atomic E-state index is -2.16. The molecule has 4 rings (SSSR count). The third-order valence-corrected chi connectivity index (χ3v) is 6.82. The van der Waals surface area contributed by atoms with E-state index in [9.17, 15) is 8.76 Å². The molecule has 0 saturated heterocycles. The highest BCUT2D eigenvalue weighted by atomic mass is 35.5. The number of methoxy groups -OCH3 is 1. The van der Waals surface area contributed by atoms with Gasteiger partial charge in [-0.2, -0.15) is 0 Å². The Morgan fingerprint density at radius 1 is 1.21 bits per heavy atom. The Balaban J connectivity index is 1.91. The minimum Gasteiger partial charge on any atom is -0.496 e. The molecule has 2 atom stereocenters. The van der Waals surface area contributed by atoms with Crippen LogP contribution >= 0.6 is 11.6 Å². The number of ether oxygens (including phenoxy) is 1. The lowest BCUT2D eigenvalue weighted by atomic mass is 9.93. The average molecular weight is 483 g/mol. The van der Waals surface area contributed by atoms with Crippen molar-refractivity contribution in [1.82, 2.24) is 15.0 Å². The Bertz CT molecular complexity index is 1330. The van der Waals surface area contributed by atoms with Gasteiger partial charge in [-0.3, -0.25) is 4.98 Å². The Morgan fingerprint density at radius 2 is 1.97 bits per heavy atom. The van der Waals surface area contributed by atoms with Crippen molar-refractivity contribution in [1.29, 1.82) is 0 Å². The average Bonchev–Trinajstić information content (AvgIpc) is 2.80. The normalized spacial score (nSPS) is 14.7. The summed E-state index contributed by atoms with van der Waals surface area (Å²) in [7, 11) is 1.60. The maximum Gasteiger partial charge on any atom is 0.188 e. The van der Waals surface area contributed by atoms with Crippen molar-refractivity contribution in [2.75, 3.05) is 12.0 Å². The van der Waals surface area contributed by atoms with Gasteiger partial charge in [-0.25, -0.2) is 14.2 Å². The standard InChI is InChI=1S/C24H23ClN4O3S/c1-13-6-7-29(24-21(13)15(3)27-12-28-24)16(4)19-9-20(25)14(2)22(23(19)32-5)17-8-18(33(30)31)11-26-10-17/h6-12,16H,1H2,2-5H3,(H,30,31). The van der Waals surface area contributed by atoms with Gasteiger partial charge in [0.15, 0.2) is 11.1 Å². The number of nitrogens with zero attached hydrogens (tertiary/aromatic N) is 4. The van der Waals surface area contributed by atoms with Gasteiger partial charge in [0, 0.05) is 45.9 Å². The lowest BCUT2D eigenvalue weighted by molar-refractivity contribution is 0.408. The molecule has 33 heavy (non-hydrogen) atoms. The van der Waals surface area contributed by atoms with Gasteiger partial charge >= 0.3 is 0 Å². The number of aryl methyl sites for hydroxylation is 1. The molecule has 3 heterocycles. The summed E-state index contributed by atoms with van der Waals surface area (Å²) in [4.78, 5) is 15.2. The largest absolute Gasteiger partial charge is 0.496 e. The number of anilines is 1. The van der Waals surface area contributed by atoms with Crippen LogP contribution in [0.4, 0.5) is 5.82 Å². The highest BCUT2D eigenvalue weighted by Gasteiger charge is 2.28. The molecule has 0 fully saturated rings. The molecule has 170 valence electrons. The van der Waals surface area contributed by atoms with E-state index >= 15 is 0 Å². The molecule has 2 aromatic heterocycles. The van der Waals surface area contributed by atoms with Gasteiger partial charge in [0.05, 0.1) is 23.7 Å². The second kappa shape index (κ2) is 9.05. The first-order valence-electron chi connectivity index (χ1n) is 10.1. The van der Waals surface area contributed by atoms with Gasteiger partial charge < -0.3 is 14.2 Å². The van der Waals surface area contributed by atoms with Gasteiger partial charge in [0.2, 0.25) is 0 Å². The highest BCUT2D eigenvalue weighted by Crippen LogP contribution is 2.45. The molecule has 1 aliphatic rings. The number of aromatic nitrogens is 3. The van der Waals surface area contributed by atoms with Crippen LogP contribution in [0.25, 0.3) is 16.7 Å². The molecule has 0 radical (unpaired) electrons. The number of allylic oxidation sites excluding steroid dienone is 2. The molecule has 9 heteroatoms. The molecular formula is C24H23ClN4O3S. The van der Waals surface area contributed by atoms with Crippen LogP contribution in [0.15, 0.2) is 54.6 Å². The predicted molar refractivity (Wildman–Crippen MR) is 131 cm³/mol. The fourth-order valence-electron chi connectivity index (χ4n) is 4.09. The van der Waals surface area contributed by atoms with Gasteiger partial charge in [0.1, 0.15) is 17.9 Å². The number of benzene rings is 1. The molecule has 3 aromatic rings. The third-order valence-electron chi connectivity index (χ3n) is 5.80. The van der Waals surface area contributed by atoms with E-state index in [-0.39, 0.29) is 10.9 Å². The Morgan fingerprint density at radius 3 is 2.67 bits per heavy atom. The molecule has 0 amide bonds. The smallest absolute Gasteiger partial charge is 0.188 e. The fraction of sp³-hybridized carbons (Fsp3) is 0.208. The van der Waals surface area contributed by atoms with Crippen molar-refractivity contribution in [3.05, 3.63) is 77.1 Å². The second-order valence-electron chi connectivity index (χ2n) is 7.72. The first-order valence-corrected chi connectivity index (χ1v) is 11.6. The molecule has 7 nitrogen and oxygen atoms in total. The maximum atomic E-state index is 11.6. The van der Waals surface area contributed by atoms with E-state index in [4.69, 9.17) is 16.3 Å². The lowest BCUT2D eigenvalue weighted by Gasteiger charge is -2.33. The molecule has 2 unspecified atom stereocenters. The number of hydrogen-bond acceptors (Lipinski definition) is 6. The highest BCUT2D eigenvalue weighted by molar-refractivity contribution is 7.79. The van der Waals surface area contributed by atoms with Crippen LogP contribution in [-0.4, -0.2) is 30.8 Å². The molecule has 0 bridgehead atoms. The van der Waals surface area contributed by atoms with Crippen LogP contribution < -0.4 is 9.64 Å². The molecular weight excluding hydrogens is 460 g/mol.